The summed E-state index contributed by atoms with van der Waals surface area (Å²) < 4.78 is 54.1. The van der Waals surface area contributed by atoms with Gasteiger partial charge in [0.2, 0.25) is 0 Å². The van der Waals surface area contributed by atoms with Gasteiger partial charge in [-0.2, -0.15) is 0 Å². The van der Waals surface area contributed by atoms with Crippen LogP contribution in [0.1, 0.15) is 17.2 Å². The fourth-order valence-electron chi connectivity index (χ4n) is 1.74. The van der Waals surface area contributed by atoms with Gasteiger partial charge < -0.3 is 5.73 Å². The summed E-state index contributed by atoms with van der Waals surface area (Å²) in [5.41, 5.74) is 4.82. The van der Waals surface area contributed by atoms with E-state index in [1.807, 2.05) is 0 Å². The first-order chi connectivity index (χ1) is 8.91. The first kappa shape index (κ1) is 14.0. The van der Waals surface area contributed by atoms with E-state index < -0.39 is 34.9 Å². The highest BCUT2D eigenvalue weighted by molar-refractivity contribution is 9.10. The number of halogens is 5. The van der Waals surface area contributed by atoms with Crippen molar-refractivity contribution < 1.29 is 17.6 Å². The Morgan fingerprint density at radius 1 is 0.947 bits per heavy atom. The molecule has 19 heavy (non-hydrogen) atoms. The molecule has 0 amide bonds. The van der Waals surface area contributed by atoms with E-state index in [-0.39, 0.29) is 10.0 Å². The Hall–Kier alpha value is -1.40. The quantitative estimate of drug-likeness (QED) is 0.651. The third kappa shape index (κ3) is 2.64. The molecule has 0 radical (unpaired) electrons. The van der Waals surface area contributed by atoms with Crippen LogP contribution in [0.3, 0.4) is 0 Å². The molecule has 0 aliphatic heterocycles. The highest BCUT2D eigenvalue weighted by Crippen LogP contribution is 2.30. The summed E-state index contributed by atoms with van der Waals surface area (Å²) in [6.07, 6.45) is 0. The Kier molecular flexibility index (Phi) is 3.91. The molecule has 0 aromatic heterocycles. The van der Waals surface area contributed by atoms with Crippen molar-refractivity contribution in [1.82, 2.24) is 0 Å². The maximum atomic E-state index is 13.8. The van der Waals surface area contributed by atoms with Crippen molar-refractivity contribution in [3.05, 3.63) is 69.2 Å². The van der Waals surface area contributed by atoms with Crippen molar-refractivity contribution >= 4 is 15.9 Å². The predicted octanol–water partition coefficient (Wildman–Crippen LogP) is 4.05. The molecule has 0 aliphatic rings. The van der Waals surface area contributed by atoms with Crippen LogP contribution in [0.4, 0.5) is 17.6 Å². The van der Waals surface area contributed by atoms with Crippen LogP contribution in [0.2, 0.25) is 0 Å². The lowest BCUT2D eigenvalue weighted by Gasteiger charge is -2.16. The van der Waals surface area contributed by atoms with Crippen molar-refractivity contribution in [2.75, 3.05) is 0 Å². The average Bonchev–Trinajstić information content (AvgIpc) is 2.37. The Balaban J connectivity index is 2.59. The van der Waals surface area contributed by atoms with Gasteiger partial charge in [0.15, 0.2) is 0 Å². The molecule has 2 aromatic rings. The van der Waals surface area contributed by atoms with Gasteiger partial charge in [-0.05, 0) is 46.3 Å². The average molecular weight is 334 g/mol. The monoisotopic (exact) mass is 333 g/mol. The van der Waals surface area contributed by atoms with Gasteiger partial charge in [0, 0.05) is 11.1 Å². The van der Waals surface area contributed by atoms with Crippen LogP contribution >= 0.6 is 15.9 Å². The van der Waals surface area contributed by atoms with E-state index in [0.29, 0.717) is 0 Å². The number of hydrogen-bond donors (Lipinski definition) is 1. The lowest BCUT2D eigenvalue weighted by atomic mass is 9.98. The van der Waals surface area contributed by atoms with Gasteiger partial charge in [-0.1, -0.05) is 0 Å². The van der Waals surface area contributed by atoms with Crippen LogP contribution in [-0.2, 0) is 0 Å². The van der Waals surface area contributed by atoms with E-state index in [2.05, 4.69) is 15.9 Å². The maximum Gasteiger partial charge on any atom is 0.145 e. The van der Waals surface area contributed by atoms with Crippen LogP contribution in [0, 0.1) is 23.3 Å². The minimum absolute atomic E-state index is 0.00355. The van der Waals surface area contributed by atoms with Gasteiger partial charge in [0.1, 0.15) is 23.3 Å². The zero-order valence-electron chi connectivity index (χ0n) is 9.43. The SMILES string of the molecule is NC(c1cc(F)ccc1F)c1c(F)ccc(Br)c1F. The number of hydrogen-bond acceptors (Lipinski definition) is 1. The molecule has 0 fully saturated rings. The molecule has 2 rings (SSSR count). The summed E-state index contributed by atoms with van der Waals surface area (Å²) in [6.45, 7) is 0. The second-order valence-corrected chi connectivity index (χ2v) is 4.75. The van der Waals surface area contributed by atoms with Gasteiger partial charge in [-0.3, -0.25) is 0 Å². The van der Waals surface area contributed by atoms with Crippen molar-refractivity contribution in [2.24, 2.45) is 5.73 Å². The molecular formula is C13H8BrF4N. The molecule has 0 saturated carbocycles. The van der Waals surface area contributed by atoms with E-state index in [9.17, 15) is 17.6 Å². The van der Waals surface area contributed by atoms with Gasteiger partial charge in [-0.25, -0.2) is 17.6 Å². The third-order valence-electron chi connectivity index (χ3n) is 2.68. The van der Waals surface area contributed by atoms with E-state index in [0.717, 1.165) is 24.3 Å². The second kappa shape index (κ2) is 5.30. The van der Waals surface area contributed by atoms with Crippen LogP contribution in [0.25, 0.3) is 0 Å². The first-order valence-corrected chi connectivity index (χ1v) is 6.05. The normalized spacial score (nSPS) is 12.5. The minimum Gasteiger partial charge on any atom is -0.320 e. The highest BCUT2D eigenvalue weighted by Gasteiger charge is 2.23. The Morgan fingerprint density at radius 3 is 2.26 bits per heavy atom. The minimum atomic E-state index is -1.44. The lowest BCUT2D eigenvalue weighted by Crippen LogP contribution is -2.17. The predicted molar refractivity (Wildman–Crippen MR) is 66.4 cm³/mol. The molecular weight excluding hydrogens is 326 g/mol. The molecule has 100 valence electrons. The molecule has 1 atom stereocenters. The van der Waals surface area contributed by atoms with Gasteiger partial charge >= 0.3 is 0 Å². The smallest absolute Gasteiger partial charge is 0.145 e. The Morgan fingerprint density at radius 2 is 1.58 bits per heavy atom. The molecule has 1 unspecified atom stereocenters. The largest absolute Gasteiger partial charge is 0.320 e. The van der Waals surface area contributed by atoms with E-state index in [4.69, 9.17) is 5.73 Å². The molecule has 1 nitrogen and oxygen atoms in total. The summed E-state index contributed by atoms with van der Waals surface area (Å²) in [4.78, 5) is 0. The fraction of sp³-hybridized carbons (Fsp3) is 0.0769. The van der Waals surface area contributed by atoms with Crippen LogP contribution < -0.4 is 5.73 Å². The van der Waals surface area contributed by atoms with E-state index in [1.54, 1.807) is 0 Å². The fourth-order valence-corrected chi connectivity index (χ4v) is 2.08. The van der Waals surface area contributed by atoms with Crippen molar-refractivity contribution in [2.45, 2.75) is 6.04 Å². The summed E-state index contributed by atoms with van der Waals surface area (Å²) in [6, 6.07) is 3.31. The van der Waals surface area contributed by atoms with Crippen LogP contribution in [0.5, 0.6) is 0 Å². The molecule has 0 saturated heterocycles. The van der Waals surface area contributed by atoms with E-state index >= 15 is 0 Å². The summed E-state index contributed by atoms with van der Waals surface area (Å²) in [5.74, 6) is -3.41. The Bertz CT molecular complexity index is 630. The van der Waals surface area contributed by atoms with Crippen LogP contribution in [0.15, 0.2) is 34.8 Å². The topological polar surface area (TPSA) is 26.0 Å². The third-order valence-corrected chi connectivity index (χ3v) is 3.30. The molecule has 0 aliphatic carbocycles. The van der Waals surface area contributed by atoms with Crippen molar-refractivity contribution in [3.63, 3.8) is 0 Å². The summed E-state index contributed by atoms with van der Waals surface area (Å²) >= 11 is 2.89. The molecule has 6 heteroatoms. The zero-order chi connectivity index (χ0) is 14.2. The van der Waals surface area contributed by atoms with Crippen molar-refractivity contribution in [1.29, 1.82) is 0 Å². The summed E-state index contributed by atoms with van der Waals surface area (Å²) in [5, 5.41) is 0. The van der Waals surface area contributed by atoms with Gasteiger partial charge in [-0.15, -0.1) is 0 Å². The zero-order valence-corrected chi connectivity index (χ0v) is 11.0. The van der Waals surface area contributed by atoms with Gasteiger partial charge in [0.25, 0.3) is 0 Å². The van der Waals surface area contributed by atoms with Crippen LogP contribution in [-0.4, -0.2) is 0 Å². The standard InChI is InChI=1S/C13H8BrF4N/c14-8-2-4-10(17)11(12(8)18)13(19)7-5-6(15)1-3-9(7)16/h1-5,13H,19H2. The molecule has 0 bridgehead atoms. The maximum absolute atomic E-state index is 13.8. The number of nitrogens with two attached hydrogens (primary N) is 1. The van der Waals surface area contributed by atoms with Crippen molar-refractivity contribution in [3.8, 4) is 0 Å². The first-order valence-electron chi connectivity index (χ1n) is 5.25. The summed E-state index contributed by atoms with van der Waals surface area (Å²) in [7, 11) is 0. The second-order valence-electron chi connectivity index (χ2n) is 3.90. The Labute approximate surface area is 115 Å². The number of rotatable bonds is 2. The highest BCUT2D eigenvalue weighted by atomic mass is 79.9. The molecule has 0 heterocycles. The lowest BCUT2D eigenvalue weighted by molar-refractivity contribution is 0.525. The van der Waals surface area contributed by atoms with Gasteiger partial charge in [0.05, 0.1) is 10.5 Å². The molecule has 0 spiro atoms. The van der Waals surface area contributed by atoms with E-state index in [1.165, 1.54) is 6.07 Å². The molecule has 2 aromatic carbocycles. The number of benzene rings is 2. The molecule has 2 N–H and O–H groups in total.